The molecule has 0 radical (unpaired) electrons. The minimum absolute atomic E-state index is 0.230. The Morgan fingerprint density at radius 1 is 1.17 bits per heavy atom. The van der Waals surface area contributed by atoms with Crippen LogP contribution >= 0.6 is 0 Å². The van der Waals surface area contributed by atoms with Gasteiger partial charge in [-0.15, -0.1) is 0 Å². The third-order valence-electron chi connectivity index (χ3n) is 4.36. The summed E-state index contributed by atoms with van der Waals surface area (Å²) >= 11 is 0. The van der Waals surface area contributed by atoms with Crippen molar-refractivity contribution in [2.24, 2.45) is 0 Å². The van der Waals surface area contributed by atoms with Crippen LogP contribution in [-0.4, -0.2) is 52.1 Å². The molecule has 2 aromatic heterocycles. The van der Waals surface area contributed by atoms with Crippen LogP contribution in [0.1, 0.15) is 28.9 Å². The zero-order valence-electron chi connectivity index (χ0n) is 13.1. The molecule has 1 aliphatic rings. The van der Waals surface area contributed by atoms with Gasteiger partial charge in [-0.2, -0.15) is 0 Å². The van der Waals surface area contributed by atoms with E-state index in [9.17, 15) is 4.79 Å². The number of pyridine rings is 2. The Bertz CT molecular complexity index is 669. The Kier molecular flexibility index (Phi) is 4.52. The van der Waals surface area contributed by atoms with Crippen LogP contribution in [0, 0.1) is 0 Å². The summed E-state index contributed by atoms with van der Waals surface area (Å²) in [7, 11) is 0. The molecule has 23 heavy (non-hydrogen) atoms. The summed E-state index contributed by atoms with van der Waals surface area (Å²) in [6.07, 6.45) is 6.81. The van der Waals surface area contributed by atoms with Crippen molar-refractivity contribution < 1.29 is 9.90 Å². The number of piperazine rings is 1. The zero-order valence-corrected chi connectivity index (χ0v) is 13.1. The molecular formula is C17H20N4O2. The van der Waals surface area contributed by atoms with E-state index in [0.717, 1.165) is 31.9 Å². The Labute approximate surface area is 135 Å². The number of hydrogen-bond donors (Lipinski definition) is 1. The van der Waals surface area contributed by atoms with E-state index in [-0.39, 0.29) is 5.56 Å². The highest BCUT2D eigenvalue weighted by atomic mass is 16.4. The second-order valence-corrected chi connectivity index (χ2v) is 5.72. The molecule has 0 aromatic carbocycles. The average Bonchev–Trinajstić information content (AvgIpc) is 2.62. The molecule has 1 atom stereocenters. The number of carboxylic acids is 1. The van der Waals surface area contributed by atoms with Gasteiger partial charge in [0.25, 0.3) is 0 Å². The van der Waals surface area contributed by atoms with Crippen LogP contribution in [0.2, 0.25) is 0 Å². The fourth-order valence-corrected chi connectivity index (χ4v) is 2.92. The van der Waals surface area contributed by atoms with Crippen LogP contribution in [0.25, 0.3) is 0 Å². The molecule has 1 unspecified atom stereocenters. The standard InChI is InChI=1S/C17H20N4O2/c1-13(14-3-2-4-18-10-14)20-5-7-21(8-6-20)16-9-15(17(22)23)11-19-12-16/h2-4,9-13H,5-8H2,1H3,(H,22,23). The van der Waals surface area contributed by atoms with E-state index in [1.165, 1.54) is 11.8 Å². The van der Waals surface area contributed by atoms with Crippen LogP contribution in [0.3, 0.4) is 0 Å². The molecule has 1 saturated heterocycles. The van der Waals surface area contributed by atoms with Gasteiger partial charge in [-0.25, -0.2) is 4.79 Å². The molecule has 0 aliphatic carbocycles. The van der Waals surface area contributed by atoms with Crippen molar-refractivity contribution in [3.05, 3.63) is 54.1 Å². The molecule has 2 aromatic rings. The first-order valence-electron chi connectivity index (χ1n) is 7.72. The van der Waals surface area contributed by atoms with Crippen LogP contribution in [0.4, 0.5) is 5.69 Å². The fraction of sp³-hybridized carbons (Fsp3) is 0.353. The predicted molar refractivity (Wildman–Crippen MR) is 87.6 cm³/mol. The van der Waals surface area contributed by atoms with E-state index in [1.54, 1.807) is 18.5 Å². The number of nitrogens with zero attached hydrogens (tertiary/aromatic N) is 4. The Morgan fingerprint density at radius 2 is 1.96 bits per heavy atom. The van der Waals surface area contributed by atoms with Crippen LogP contribution in [0.5, 0.6) is 0 Å². The van der Waals surface area contributed by atoms with Gasteiger partial charge in [-0.1, -0.05) is 6.07 Å². The second-order valence-electron chi connectivity index (χ2n) is 5.72. The molecule has 1 fully saturated rings. The summed E-state index contributed by atoms with van der Waals surface area (Å²) in [5.41, 5.74) is 2.32. The van der Waals surface area contributed by atoms with Crippen molar-refractivity contribution in [3.8, 4) is 0 Å². The molecule has 0 amide bonds. The molecule has 3 rings (SSSR count). The topological polar surface area (TPSA) is 69.6 Å². The number of hydrogen-bond acceptors (Lipinski definition) is 5. The van der Waals surface area contributed by atoms with Crippen LogP contribution in [-0.2, 0) is 0 Å². The number of anilines is 1. The van der Waals surface area contributed by atoms with Crippen molar-refractivity contribution in [1.29, 1.82) is 0 Å². The van der Waals surface area contributed by atoms with Crippen molar-refractivity contribution >= 4 is 11.7 Å². The summed E-state index contributed by atoms with van der Waals surface area (Å²) in [5, 5.41) is 9.08. The molecule has 120 valence electrons. The zero-order chi connectivity index (χ0) is 16.2. The fourth-order valence-electron chi connectivity index (χ4n) is 2.92. The van der Waals surface area contributed by atoms with Crippen molar-refractivity contribution in [1.82, 2.24) is 14.9 Å². The lowest BCUT2D eigenvalue weighted by Crippen LogP contribution is -2.47. The largest absolute Gasteiger partial charge is 0.478 e. The van der Waals surface area contributed by atoms with Gasteiger partial charge >= 0.3 is 5.97 Å². The number of carboxylic acid groups (broad SMARTS) is 1. The SMILES string of the molecule is CC(c1cccnc1)N1CCN(c2cncc(C(=O)O)c2)CC1. The Balaban J connectivity index is 1.64. The first kappa shape index (κ1) is 15.4. The molecule has 0 spiro atoms. The van der Waals surface area contributed by atoms with Gasteiger partial charge in [0, 0.05) is 50.8 Å². The highest BCUT2D eigenvalue weighted by Gasteiger charge is 2.22. The highest BCUT2D eigenvalue weighted by molar-refractivity contribution is 5.88. The molecule has 3 heterocycles. The van der Waals surface area contributed by atoms with E-state index in [1.807, 2.05) is 12.3 Å². The average molecular weight is 312 g/mol. The molecular weight excluding hydrogens is 292 g/mol. The summed E-state index contributed by atoms with van der Waals surface area (Å²) < 4.78 is 0. The van der Waals surface area contributed by atoms with E-state index in [0.29, 0.717) is 6.04 Å². The molecule has 6 nitrogen and oxygen atoms in total. The van der Waals surface area contributed by atoms with Crippen molar-refractivity contribution in [3.63, 3.8) is 0 Å². The third kappa shape index (κ3) is 3.48. The lowest BCUT2D eigenvalue weighted by molar-refractivity contribution is 0.0696. The molecule has 6 heteroatoms. The maximum atomic E-state index is 11.1. The summed E-state index contributed by atoms with van der Waals surface area (Å²) in [4.78, 5) is 23.9. The van der Waals surface area contributed by atoms with Gasteiger partial charge in [0.15, 0.2) is 0 Å². The minimum atomic E-state index is -0.941. The van der Waals surface area contributed by atoms with Gasteiger partial charge in [-0.3, -0.25) is 14.9 Å². The third-order valence-corrected chi connectivity index (χ3v) is 4.36. The number of carbonyl (C=O) groups is 1. The van der Waals surface area contributed by atoms with E-state index in [2.05, 4.69) is 32.8 Å². The number of aromatic carboxylic acids is 1. The maximum Gasteiger partial charge on any atom is 0.337 e. The van der Waals surface area contributed by atoms with E-state index < -0.39 is 5.97 Å². The number of aromatic nitrogens is 2. The molecule has 0 bridgehead atoms. The van der Waals surface area contributed by atoms with Gasteiger partial charge in [0.2, 0.25) is 0 Å². The maximum absolute atomic E-state index is 11.1. The molecule has 1 N–H and O–H groups in total. The van der Waals surface area contributed by atoms with Gasteiger partial charge < -0.3 is 10.0 Å². The van der Waals surface area contributed by atoms with Gasteiger partial charge in [-0.05, 0) is 24.6 Å². The summed E-state index contributed by atoms with van der Waals surface area (Å²) in [5.74, 6) is -0.941. The Morgan fingerprint density at radius 3 is 2.61 bits per heavy atom. The van der Waals surface area contributed by atoms with Gasteiger partial charge in [0.05, 0.1) is 17.4 Å². The molecule has 0 saturated carbocycles. The van der Waals surface area contributed by atoms with Crippen LogP contribution in [0.15, 0.2) is 43.0 Å². The molecule has 1 aliphatic heterocycles. The first-order chi connectivity index (χ1) is 11.1. The highest BCUT2D eigenvalue weighted by Crippen LogP contribution is 2.23. The normalized spacial score (nSPS) is 17.0. The van der Waals surface area contributed by atoms with Crippen LogP contribution < -0.4 is 4.90 Å². The van der Waals surface area contributed by atoms with E-state index >= 15 is 0 Å². The second kappa shape index (κ2) is 6.75. The minimum Gasteiger partial charge on any atom is -0.478 e. The predicted octanol–water partition coefficient (Wildman–Crippen LogP) is 2.06. The lowest BCUT2D eigenvalue weighted by atomic mass is 10.1. The van der Waals surface area contributed by atoms with Crippen molar-refractivity contribution in [2.45, 2.75) is 13.0 Å². The Hall–Kier alpha value is -2.47. The van der Waals surface area contributed by atoms with E-state index in [4.69, 9.17) is 5.11 Å². The first-order valence-corrected chi connectivity index (χ1v) is 7.72. The number of rotatable bonds is 4. The van der Waals surface area contributed by atoms with Crippen molar-refractivity contribution in [2.75, 3.05) is 31.1 Å². The quantitative estimate of drug-likeness (QED) is 0.932. The monoisotopic (exact) mass is 312 g/mol. The summed E-state index contributed by atoms with van der Waals surface area (Å²) in [6.45, 7) is 5.75. The smallest absolute Gasteiger partial charge is 0.337 e. The summed E-state index contributed by atoms with van der Waals surface area (Å²) in [6, 6.07) is 6.08. The van der Waals surface area contributed by atoms with Gasteiger partial charge in [0.1, 0.15) is 0 Å². The lowest BCUT2D eigenvalue weighted by Gasteiger charge is -2.39.